The summed E-state index contributed by atoms with van der Waals surface area (Å²) in [5.74, 6) is -0.371. The Balaban J connectivity index is 1.95. The smallest absolute Gasteiger partial charge is 0.262 e. The minimum absolute atomic E-state index is 0.0862. The topological polar surface area (TPSA) is 52.9 Å². The summed E-state index contributed by atoms with van der Waals surface area (Å²) in [5.41, 5.74) is 2.09. The van der Waals surface area contributed by atoms with E-state index in [1.165, 1.54) is 6.08 Å². The number of hydrogen-bond donors (Lipinski definition) is 1. The highest BCUT2D eigenvalue weighted by atomic mass is 16.1. The summed E-state index contributed by atoms with van der Waals surface area (Å²) in [6.45, 7) is 0.404. The molecule has 3 heteroatoms. The second kappa shape index (κ2) is 8.23. The zero-order valence-electron chi connectivity index (χ0n) is 12.1. The fourth-order valence-corrected chi connectivity index (χ4v) is 1.86. The number of allylic oxidation sites excluding steroid dienone is 2. The van der Waals surface area contributed by atoms with E-state index in [0.717, 1.165) is 11.1 Å². The fraction of sp³-hybridized carbons (Fsp3) is 0.0526. The second-order valence-corrected chi connectivity index (χ2v) is 4.63. The van der Waals surface area contributed by atoms with Gasteiger partial charge in [0.15, 0.2) is 0 Å². The van der Waals surface area contributed by atoms with Gasteiger partial charge in [0.1, 0.15) is 11.6 Å². The molecular weight excluding hydrogens is 272 g/mol. The molecule has 0 radical (unpaired) electrons. The Hall–Kier alpha value is -3.12. The molecule has 0 aliphatic heterocycles. The van der Waals surface area contributed by atoms with Crippen LogP contribution in [0.2, 0.25) is 0 Å². The molecule has 0 bridgehead atoms. The predicted molar refractivity (Wildman–Crippen MR) is 87.5 cm³/mol. The Labute approximate surface area is 130 Å². The molecule has 2 aromatic carbocycles. The predicted octanol–water partition coefficient (Wildman–Crippen LogP) is 3.47. The van der Waals surface area contributed by atoms with E-state index in [0.29, 0.717) is 6.54 Å². The van der Waals surface area contributed by atoms with E-state index in [1.807, 2.05) is 72.8 Å². The highest BCUT2D eigenvalue weighted by molar-refractivity contribution is 5.97. The first kappa shape index (κ1) is 15.3. The van der Waals surface area contributed by atoms with Crippen LogP contribution in [0.4, 0.5) is 0 Å². The quantitative estimate of drug-likeness (QED) is 0.520. The molecule has 0 aromatic heterocycles. The molecule has 0 fully saturated rings. The van der Waals surface area contributed by atoms with Gasteiger partial charge in [-0.25, -0.2) is 0 Å². The van der Waals surface area contributed by atoms with Crippen molar-refractivity contribution in [3.8, 4) is 6.07 Å². The van der Waals surface area contributed by atoms with Crippen molar-refractivity contribution in [1.82, 2.24) is 5.32 Å². The Kier molecular flexibility index (Phi) is 5.71. The average Bonchev–Trinajstić information content (AvgIpc) is 2.58. The van der Waals surface area contributed by atoms with Crippen LogP contribution in [0, 0.1) is 11.3 Å². The third kappa shape index (κ3) is 4.77. The molecular formula is C19H16N2O. The average molecular weight is 288 g/mol. The van der Waals surface area contributed by atoms with E-state index >= 15 is 0 Å². The van der Waals surface area contributed by atoms with Crippen LogP contribution in [0.25, 0.3) is 6.08 Å². The van der Waals surface area contributed by atoms with Crippen molar-refractivity contribution in [3.05, 3.63) is 89.5 Å². The molecule has 1 amide bonds. The molecule has 0 saturated heterocycles. The summed E-state index contributed by atoms with van der Waals surface area (Å²) >= 11 is 0. The number of hydrogen-bond acceptors (Lipinski definition) is 2. The zero-order valence-corrected chi connectivity index (χ0v) is 12.1. The Morgan fingerprint density at radius 2 is 1.68 bits per heavy atom. The van der Waals surface area contributed by atoms with Gasteiger partial charge in [0, 0.05) is 6.54 Å². The number of nitrogens with one attached hydrogen (secondary N) is 1. The van der Waals surface area contributed by atoms with Gasteiger partial charge in [-0.2, -0.15) is 5.26 Å². The van der Waals surface area contributed by atoms with E-state index in [1.54, 1.807) is 6.08 Å². The minimum atomic E-state index is -0.371. The molecule has 0 saturated carbocycles. The van der Waals surface area contributed by atoms with Crippen LogP contribution in [-0.4, -0.2) is 5.91 Å². The number of amides is 1. The number of benzene rings is 2. The van der Waals surface area contributed by atoms with Gasteiger partial charge in [-0.1, -0.05) is 72.8 Å². The van der Waals surface area contributed by atoms with Crippen LogP contribution in [0.5, 0.6) is 0 Å². The minimum Gasteiger partial charge on any atom is -0.347 e. The standard InChI is InChI=1S/C19H16N2O/c20-14-18(13-7-12-16-8-3-1-4-9-16)19(22)21-15-17-10-5-2-6-11-17/h1-13H,15H2,(H,21,22)/b12-7+,18-13?. The first-order valence-electron chi connectivity index (χ1n) is 6.95. The summed E-state index contributed by atoms with van der Waals surface area (Å²) < 4.78 is 0. The monoisotopic (exact) mass is 288 g/mol. The number of rotatable bonds is 5. The molecule has 0 heterocycles. The third-order valence-corrected chi connectivity index (χ3v) is 3.01. The molecule has 2 aromatic rings. The lowest BCUT2D eigenvalue weighted by Gasteiger charge is -2.03. The van der Waals surface area contributed by atoms with Crippen LogP contribution < -0.4 is 5.32 Å². The summed E-state index contributed by atoms with van der Waals surface area (Å²) in [6.07, 6.45) is 5.07. The van der Waals surface area contributed by atoms with Crippen molar-refractivity contribution in [3.63, 3.8) is 0 Å². The number of nitriles is 1. The van der Waals surface area contributed by atoms with Crippen LogP contribution in [0.3, 0.4) is 0 Å². The first-order valence-corrected chi connectivity index (χ1v) is 6.95. The lowest BCUT2D eigenvalue weighted by molar-refractivity contribution is -0.117. The fourth-order valence-electron chi connectivity index (χ4n) is 1.86. The lowest BCUT2D eigenvalue weighted by atomic mass is 10.2. The summed E-state index contributed by atoms with van der Waals surface area (Å²) in [4.78, 5) is 12.0. The van der Waals surface area contributed by atoms with E-state index in [2.05, 4.69) is 5.32 Å². The zero-order chi connectivity index (χ0) is 15.6. The van der Waals surface area contributed by atoms with Crippen LogP contribution >= 0.6 is 0 Å². The second-order valence-electron chi connectivity index (χ2n) is 4.63. The van der Waals surface area contributed by atoms with Crippen molar-refractivity contribution in [1.29, 1.82) is 5.26 Å². The van der Waals surface area contributed by atoms with Crippen molar-refractivity contribution >= 4 is 12.0 Å². The van der Waals surface area contributed by atoms with E-state index in [4.69, 9.17) is 5.26 Å². The van der Waals surface area contributed by atoms with Crippen molar-refractivity contribution in [2.75, 3.05) is 0 Å². The number of nitrogens with zero attached hydrogens (tertiary/aromatic N) is 1. The molecule has 0 spiro atoms. The maximum Gasteiger partial charge on any atom is 0.262 e. The first-order chi connectivity index (χ1) is 10.8. The molecule has 0 atom stereocenters. The molecule has 1 N–H and O–H groups in total. The van der Waals surface area contributed by atoms with E-state index in [-0.39, 0.29) is 11.5 Å². The molecule has 0 unspecified atom stereocenters. The largest absolute Gasteiger partial charge is 0.347 e. The molecule has 108 valence electrons. The van der Waals surface area contributed by atoms with Crippen molar-refractivity contribution in [2.45, 2.75) is 6.54 Å². The number of carbonyl (C=O) groups excluding carboxylic acids is 1. The van der Waals surface area contributed by atoms with Gasteiger partial charge in [0.25, 0.3) is 5.91 Å². The summed E-state index contributed by atoms with van der Waals surface area (Å²) in [5, 5.41) is 11.8. The normalized spacial score (nSPS) is 11.1. The lowest BCUT2D eigenvalue weighted by Crippen LogP contribution is -2.23. The molecule has 3 nitrogen and oxygen atoms in total. The summed E-state index contributed by atoms with van der Waals surface area (Å²) in [7, 11) is 0. The van der Waals surface area contributed by atoms with Gasteiger partial charge in [-0.15, -0.1) is 0 Å². The number of carbonyl (C=O) groups is 1. The van der Waals surface area contributed by atoms with Crippen LogP contribution in [-0.2, 0) is 11.3 Å². The maximum atomic E-state index is 12.0. The third-order valence-electron chi connectivity index (χ3n) is 3.01. The molecule has 22 heavy (non-hydrogen) atoms. The van der Waals surface area contributed by atoms with Gasteiger partial charge in [-0.3, -0.25) is 4.79 Å². The van der Waals surface area contributed by atoms with Crippen LogP contribution in [0.1, 0.15) is 11.1 Å². The van der Waals surface area contributed by atoms with Gasteiger partial charge < -0.3 is 5.32 Å². The van der Waals surface area contributed by atoms with Crippen molar-refractivity contribution < 1.29 is 4.79 Å². The van der Waals surface area contributed by atoms with E-state index in [9.17, 15) is 4.79 Å². The highest BCUT2D eigenvalue weighted by Gasteiger charge is 2.06. The van der Waals surface area contributed by atoms with E-state index < -0.39 is 0 Å². The van der Waals surface area contributed by atoms with Crippen molar-refractivity contribution in [2.24, 2.45) is 0 Å². The van der Waals surface area contributed by atoms with Gasteiger partial charge in [-0.05, 0) is 17.2 Å². The summed E-state index contributed by atoms with van der Waals surface area (Å²) in [6, 6.07) is 21.2. The SMILES string of the molecule is N#CC(=C/C=C/c1ccccc1)C(=O)NCc1ccccc1. The Morgan fingerprint density at radius 1 is 1.05 bits per heavy atom. The van der Waals surface area contributed by atoms with Gasteiger partial charge in [0.2, 0.25) is 0 Å². The Morgan fingerprint density at radius 3 is 2.32 bits per heavy atom. The molecule has 0 aliphatic rings. The molecule has 2 rings (SSSR count). The maximum absolute atomic E-state index is 12.0. The highest BCUT2D eigenvalue weighted by Crippen LogP contribution is 2.03. The van der Waals surface area contributed by atoms with Crippen LogP contribution in [0.15, 0.2) is 78.4 Å². The van der Waals surface area contributed by atoms with Gasteiger partial charge >= 0.3 is 0 Å². The molecule has 0 aliphatic carbocycles. The van der Waals surface area contributed by atoms with Gasteiger partial charge in [0.05, 0.1) is 0 Å². The Bertz CT molecular complexity index is 710.